The minimum absolute atomic E-state index is 0.116. The smallest absolute Gasteiger partial charge is 0.432 e. The monoisotopic (exact) mass is 223 g/mol. The number of aldehydes is 1. The second kappa shape index (κ2) is 5.87. The Kier molecular flexibility index (Phi) is 4.47. The molecule has 1 rings (SSSR count). The van der Waals surface area contributed by atoms with Crippen molar-refractivity contribution in [2.45, 2.75) is 19.6 Å². The van der Waals surface area contributed by atoms with E-state index in [9.17, 15) is 9.59 Å². The van der Waals surface area contributed by atoms with Gasteiger partial charge in [0.25, 0.3) is 0 Å². The molecule has 1 aromatic carbocycles. The van der Waals surface area contributed by atoms with Crippen LogP contribution in [0.15, 0.2) is 30.3 Å². The molecule has 0 fully saturated rings. The van der Waals surface area contributed by atoms with Gasteiger partial charge in [0.05, 0.1) is 0 Å². The van der Waals surface area contributed by atoms with Crippen molar-refractivity contribution in [3.8, 4) is 0 Å². The van der Waals surface area contributed by atoms with E-state index in [0.717, 1.165) is 5.56 Å². The molecule has 1 N–H and O–H groups in total. The maximum absolute atomic E-state index is 10.8. The number of hydrogen-bond donors (Lipinski definition) is 1. The van der Waals surface area contributed by atoms with Crippen LogP contribution in [0.5, 0.6) is 0 Å². The number of carbonyl (C=O) groups excluding carboxylic acids is 1. The third-order valence-electron chi connectivity index (χ3n) is 1.97. The SMILES string of the molecule is CC(C=O)N(OCc1ccccc1)C(=O)O. The summed E-state index contributed by atoms with van der Waals surface area (Å²) in [6, 6.07) is 8.31. The average molecular weight is 223 g/mol. The molecule has 0 bridgehead atoms. The number of amides is 1. The lowest BCUT2D eigenvalue weighted by molar-refractivity contribution is -0.165. The van der Waals surface area contributed by atoms with Crippen molar-refractivity contribution in [1.82, 2.24) is 5.06 Å². The summed E-state index contributed by atoms with van der Waals surface area (Å²) in [4.78, 5) is 26.3. The van der Waals surface area contributed by atoms with E-state index in [4.69, 9.17) is 9.94 Å². The second-order valence-corrected chi connectivity index (χ2v) is 3.24. The van der Waals surface area contributed by atoms with Gasteiger partial charge in [-0.25, -0.2) is 4.79 Å². The van der Waals surface area contributed by atoms with Gasteiger partial charge in [0.2, 0.25) is 0 Å². The second-order valence-electron chi connectivity index (χ2n) is 3.24. The van der Waals surface area contributed by atoms with E-state index in [1.807, 2.05) is 30.3 Å². The van der Waals surface area contributed by atoms with Crippen molar-refractivity contribution in [2.75, 3.05) is 0 Å². The van der Waals surface area contributed by atoms with Crippen LogP contribution >= 0.6 is 0 Å². The Morgan fingerprint density at radius 3 is 2.62 bits per heavy atom. The average Bonchev–Trinajstić information content (AvgIpc) is 2.30. The van der Waals surface area contributed by atoms with Gasteiger partial charge in [-0.15, -0.1) is 0 Å². The van der Waals surface area contributed by atoms with E-state index < -0.39 is 12.1 Å². The van der Waals surface area contributed by atoms with Gasteiger partial charge in [0.15, 0.2) is 0 Å². The summed E-state index contributed by atoms with van der Waals surface area (Å²) >= 11 is 0. The zero-order chi connectivity index (χ0) is 12.0. The molecule has 5 nitrogen and oxygen atoms in total. The molecule has 0 saturated heterocycles. The van der Waals surface area contributed by atoms with Crippen LogP contribution in [0.4, 0.5) is 4.79 Å². The molecule has 5 heteroatoms. The molecule has 0 spiro atoms. The fourth-order valence-corrected chi connectivity index (χ4v) is 1.12. The van der Waals surface area contributed by atoms with Gasteiger partial charge >= 0.3 is 6.09 Å². The van der Waals surface area contributed by atoms with E-state index in [1.165, 1.54) is 6.92 Å². The topological polar surface area (TPSA) is 66.8 Å². The molecular weight excluding hydrogens is 210 g/mol. The quantitative estimate of drug-likeness (QED) is 0.609. The molecule has 0 aromatic heterocycles. The van der Waals surface area contributed by atoms with Crippen LogP contribution in [0.2, 0.25) is 0 Å². The maximum Gasteiger partial charge on any atom is 0.432 e. The number of rotatable bonds is 5. The highest BCUT2D eigenvalue weighted by Crippen LogP contribution is 2.05. The van der Waals surface area contributed by atoms with Crippen LogP contribution in [-0.2, 0) is 16.2 Å². The minimum Gasteiger partial charge on any atom is -0.463 e. The summed E-state index contributed by atoms with van der Waals surface area (Å²) in [5, 5.41) is 9.43. The van der Waals surface area contributed by atoms with Gasteiger partial charge in [0.1, 0.15) is 18.9 Å². The molecule has 0 saturated carbocycles. The first-order chi connectivity index (χ1) is 7.65. The van der Waals surface area contributed by atoms with Crippen LogP contribution in [0.1, 0.15) is 12.5 Å². The molecule has 86 valence electrons. The largest absolute Gasteiger partial charge is 0.463 e. The lowest BCUT2D eigenvalue weighted by Crippen LogP contribution is -2.38. The Morgan fingerprint density at radius 2 is 2.12 bits per heavy atom. The number of nitrogens with zero attached hydrogens (tertiary/aromatic N) is 1. The zero-order valence-electron chi connectivity index (χ0n) is 8.87. The first-order valence-electron chi connectivity index (χ1n) is 4.79. The Morgan fingerprint density at radius 1 is 1.50 bits per heavy atom. The van der Waals surface area contributed by atoms with Crippen molar-refractivity contribution < 1.29 is 19.5 Å². The molecule has 0 aliphatic rings. The molecule has 1 atom stereocenters. The Labute approximate surface area is 93.2 Å². The summed E-state index contributed by atoms with van der Waals surface area (Å²) in [5.41, 5.74) is 0.840. The van der Waals surface area contributed by atoms with E-state index in [1.54, 1.807) is 0 Å². The van der Waals surface area contributed by atoms with Crippen LogP contribution in [0.3, 0.4) is 0 Å². The van der Waals surface area contributed by atoms with Crippen LogP contribution in [0, 0.1) is 0 Å². The molecule has 0 aliphatic carbocycles. The van der Waals surface area contributed by atoms with Gasteiger partial charge < -0.3 is 9.90 Å². The van der Waals surface area contributed by atoms with Crippen LogP contribution < -0.4 is 0 Å². The Bertz CT molecular complexity index is 352. The summed E-state index contributed by atoms with van der Waals surface area (Å²) < 4.78 is 0. The van der Waals surface area contributed by atoms with Gasteiger partial charge in [-0.1, -0.05) is 30.3 Å². The van der Waals surface area contributed by atoms with Gasteiger partial charge in [0, 0.05) is 0 Å². The standard InChI is InChI=1S/C11H13NO4/c1-9(7-13)12(11(14)15)16-8-10-5-3-2-4-6-10/h2-7,9H,8H2,1H3,(H,14,15). The first kappa shape index (κ1) is 12.2. The highest BCUT2D eigenvalue weighted by Gasteiger charge is 2.19. The third kappa shape index (κ3) is 3.36. The van der Waals surface area contributed by atoms with Crippen molar-refractivity contribution in [3.05, 3.63) is 35.9 Å². The number of benzene rings is 1. The molecular formula is C11H13NO4. The predicted octanol–water partition coefficient (Wildman–Crippen LogP) is 1.69. The summed E-state index contributed by atoms with van der Waals surface area (Å²) in [6.07, 6.45) is -0.769. The maximum atomic E-state index is 10.8. The van der Waals surface area contributed by atoms with Crippen molar-refractivity contribution in [3.63, 3.8) is 0 Å². The zero-order valence-corrected chi connectivity index (χ0v) is 8.87. The molecule has 16 heavy (non-hydrogen) atoms. The molecule has 0 aliphatic heterocycles. The Hall–Kier alpha value is -1.88. The highest BCUT2D eigenvalue weighted by atomic mass is 16.7. The van der Waals surface area contributed by atoms with Gasteiger partial charge in [-0.3, -0.25) is 4.84 Å². The minimum atomic E-state index is -1.28. The first-order valence-corrected chi connectivity index (χ1v) is 4.79. The van der Waals surface area contributed by atoms with Gasteiger partial charge in [-0.2, -0.15) is 5.06 Å². The molecule has 1 aromatic rings. The summed E-state index contributed by atoms with van der Waals surface area (Å²) in [5.74, 6) is 0. The van der Waals surface area contributed by atoms with E-state index >= 15 is 0 Å². The van der Waals surface area contributed by atoms with Gasteiger partial charge in [-0.05, 0) is 12.5 Å². The van der Waals surface area contributed by atoms with E-state index in [-0.39, 0.29) is 6.61 Å². The molecule has 1 unspecified atom stereocenters. The van der Waals surface area contributed by atoms with Crippen molar-refractivity contribution in [1.29, 1.82) is 0 Å². The lowest BCUT2D eigenvalue weighted by Gasteiger charge is -2.21. The normalized spacial score (nSPS) is 11.8. The molecule has 1 amide bonds. The fourth-order valence-electron chi connectivity index (χ4n) is 1.12. The highest BCUT2D eigenvalue weighted by molar-refractivity contribution is 5.70. The predicted molar refractivity (Wildman–Crippen MR) is 56.6 cm³/mol. The number of hydrogen-bond acceptors (Lipinski definition) is 3. The number of hydroxylamine groups is 2. The summed E-state index contributed by atoms with van der Waals surface area (Å²) in [7, 11) is 0. The van der Waals surface area contributed by atoms with Crippen LogP contribution in [0.25, 0.3) is 0 Å². The third-order valence-corrected chi connectivity index (χ3v) is 1.97. The molecule has 0 heterocycles. The van der Waals surface area contributed by atoms with Crippen LogP contribution in [-0.4, -0.2) is 28.6 Å². The number of carboxylic acid groups (broad SMARTS) is 1. The van der Waals surface area contributed by atoms with Crippen molar-refractivity contribution in [2.24, 2.45) is 0 Å². The fraction of sp³-hybridized carbons (Fsp3) is 0.273. The molecule has 0 radical (unpaired) electrons. The number of carbonyl (C=O) groups is 2. The Balaban J connectivity index is 2.57. The van der Waals surface area contributed by atoms with Crippen molar-refractivity contribution >= 4 is 12.4 Å². The van der Waals surface area contributed by atoms with E-state index in [0.29, 0.717) is 11.3 Å². The summed E-state index contributed by atoms with van der Waals surface area (Å²) in [6.45, 7) is 1.57. The van der Waals surface area contributed by atoms with E-state index in [2.05, 4.69) is 0 Å². The lowest BCUT2D eigenvalue weighted by atomic mass is 10.2.